The average Bonchev–Trinajstić information content (AvgIpc) is 2.01. The third-order valence-electron chi connectivity index (χ3n) is 3.04. The second-order valence-corrected chi connectivity index (χ2v) is 5.00. The molecule has 1 rings (SSSR count). The van der Waals surface area contributed by atoms with Gasteiger partial charge in [0.15, 0.2) is 0 Å². The first-order valence-electron chi connectivity index (χ1n) is 5.13. The lowest BCUT2D eigenvalue weighted by atomic mass is 9.86. The number of rotatable bonds is 2. The van der Waals surface area contributed by atoms with Crippen LogP contribution >= 0.6 is 15.9 Å². The third-order valence-corrected chi connectivity index (χ3v) is 3.49. The van der Waals surface area contributed by atoms with Crippen LogP contribution in [0.4, 0.5) is 4.79 Å². The fourth-order valence-electron chi connectivity index (χ4n) is 2.49. The van der Waals surface area contributed by atoms with Crippen molar-refractivity contribution in [2.75, 3.05) is 5.33 Å². The highest BCUT2D eigenvalue weighted by Crippen LogP contribution is 2.30. The highest BCUT2D eigenvalue weighted by atomic mass is 79.9. The van der Waals surface area contributed by atoms with Gasteiger partial charge in [0.25, 0.3) is 0 Å². The number of amides is 1. The maximum atomic E-state index is 11.0. The Morgan fingerprint density at radius 2 is 1.93 bits per heavy atom. The molecule has 0 spiro atoms. The molecule has 14 heavy (non-hydrogen) atoms. The van der Waals surface area contributed by atoms with E-state index in [1.54, 1.807) is 4.90 Å². The molecule has 0 aromatic carbocycles. The van der Waals surface area contributed by atoms with Crippen LogP contribution in [-0.2, 0) is 0 Å². The van der Waals surface area contributed by atoms with Crippen molar-refractivity contribution in [1.29, 1.82) is 0 Å². The van der Waals surface area contributed by atoms with E-state index in [1.165, 1.54) is 0 Å². The summed E-state index contributed by atoms with van der Waals surface area (Å²) in [5.41, 5.74) is 0. The topological polar surface area (TPSA) is 40.5 Å². The standard InChI is InChI=1S/C10H18BrNO2/c1-7-5-9(3-4-11)6-8(2)12(7)10(13)14/h7-9H,3-6H2,1-2H3,(H,13,14)/t7-,8?,9?/m1/s1. The first-order chi connectivity index (χ1) is 6.56. The van der Waals surface area contributed by atoms with Crippen LogP contribution in [0, 0.1) is 5.92 Å². The van der Waals surface area contributed by atoms with Crippen LogP contribution in [0.3, 0.4) is 0 Å². The third kappa shape index (κ3) is 2.62. The van der Waals surface area contributed by atoms with Crippen LogP contribution in [0.1, 0.15) is 33.1 Å². The average molecular weight is 264 g/mol. The molecule has 1 aliphatic heterocycles. The van der Waals surface area contributed by atoms with Gasteiger partial charge in [0.2, 0.25) is 0 Å². The van der Waals surface area contributed by atoms with Crippen LogP contribution < -0.4 is 0 Å². The van der Waals surface area contributed by atoms with Gasteiger partial charge in [-0.3, -0.25) is 0 Å². The van der Waals surface area contributed by atoms with Crippen LogP contribution in [-0.4, -0.2) is 33.5 Å². The summed E-state index contributed by atoms with van der Waals surface area (Å²) in [7, 11) is 0. The Bertz CT molecular complexity index is 198. The van der Waals surface area contributed by atoms with E-state index in [1.807, 2.05) is 13.8 Å². The van der Waals surface area contributed by atoms with Gasteiger partial charge in [-0.1, -0.05) is 15.9 Å². The van der Waals surface area contributed by atoms with E-state index in [0.29, 0.717) is 5.92 Å². The summed E-state index contributed by atoms with van der Waals surface area (Å²) < 4.78 is 0. The van der Waals surface area contributed by atoms with Gasteiger partial charge in [-0.2, -0.15) is 0 Å². The molecule has 0 aliphatic carbocycles. The molecule has 0 aromatic rings. The Hall–Kier alpha value is -0.250. The number of hydrogen-bond acceptors (Lipinski definition) is 1. The van der Waals surface area contributed by atoms with Crippen molar-refractivity contribution in [1.82, 2.24) is 4.90 Å². The van der Waals surface area contributed by atoms with Gasteiger partial charge in [0.05, 0.1) is 0 Å². The minimum atomic E-state index is -0.776. The minimum Gasteiger partial charge on any atom is -0.465 e. The van der Waals surface area contributed by atoms with E-state index in [-0.39, 0.29) is 12.1 Å². The molecule has 2 unspecified atom stereocenters. The van der Waals surface area contributed by atoms with Crippen molar-refractivity contribution >= 4 is 22.0 Å². The van der Waals surface area contributed by atoms with Crippen molar-refractivity contribution in [3.8, 4) is 0 Å². The van der Waals surface area contributed by atoms with E-state index >= 15 is 0 Å². The second-order valence-electron chi connectivity index (χ2n) is 4.20. The van der Waals surface area contributed by atoms with Crippen molar-refractivity contribution in [3.63, 3.8) is 0 Å². The molecule has 3 atom stereocenters. The van der Waals surface area contributed by atoms with Crippen molar-refractivity contribution in [2.24, 2.45) is 5.92 Å². The Labute approximate surface area is 93.6 Å². The molecule has 1 amide bonds. The molecule has 1 heterocycles. The maximum absolute atomic E-state index is 11.0. The molecular formula is C10H18BrNO2. The van der Waals surface area contributed by atoms with Gasteiger partial charge in [-0.05, 0) is 39.0 Å². The predicted molar refractivity (Wildman–Crippen MR) is 59.9 cm³/mol. The van der Waals surface area contributed by atoms with Gasteiger partial charge in [0, 0.05) is 17.4 Å². The first-order valence-corrected chi connectivity index (χ1v) is 6.25. The van der Waals surface area contributed by atoms with Crippen LogP contribution in [0.5, 0.6) is 0 Å². The van der Waals surface area contributed by atoms with Crippen molar-refractivity contribution in [2.45, 2.75) is 45.2 Å². The molecule has 0 radical (unpaired) electrons. The van der Waals surface area contributed by atoms with Gasteiger partial charge >= 0.3 is 6.09 Å². The SMILES string of the molecule is CC1CC(CCBr)C[C@@H](C)N1C(=O)O. The van der Waals surface area contributed by atoms with E-state index in [4.69, 9.17) is 5.11 Å². The van der Waals surface area contributed by atoms with Crippen LogP contribution in [0.2, 0.25) is 0 Å². The van der Waals surface area contributed by atoms with Gasteiger partial charge < -0.3 is 10.0 Å². The minimum absolute atomic E-state index is 0.167. The summed E-state index contributed by atoms with van der Waals surface area (Å²) >= 11 is 3.44. The summed E-state index contributed by atoms with van der Waals surface area (Å²) in [5.74, 6) is 0.676. The number of alkyl halides is 1. The number of hydrogen-bond donors (Lipinski definition) is 1. The van der Waals surface area contributed by atoms with E-state index in [9.17, 15) is 4.79 Å². The Balaban J connectivity index is 2.58. The normalized spacial score (nSPS) is 33.1. The predicted octanol–water partition coefficient (Wildman–Crippen LogP) is 2.94. The summed E-state index contributed by atoms with van der Waals surface area (Å²) in [5, 5.41) is 10.0. The Morgan fingerprint density at radius 3 is 2.29 bits per heavy atom. The quantitative estimate of drug-likeness (QED) is 0.779. The lowest BCUT2D eigenvalue weighted by Crippen LogP contribution is -2.49. The Kier molecular flexibility index (Phi) is 4.23. The number of carbonyl (C=O) groups is 1. The van der Waals surface area contributed by atoms with Crippen molar-refractivity contribution in [3.05, 3.63) is 0 Å². The summed E-state index contributed by atoms with van der Waals surface area (Å²) in [6, 6.07) is 0.334. The zero-order valence-corrected chi connectivity index (χ0v) is 10.3. The molecule has 1 aliphatic rings. The van der Waals surface area contributed by atoms with Gasteiger partial charge in [-0.15, -0.1) is 0 Å². The molecule has 1 fully saturated rings. The maximum Gasteiger partial charge on any atom is 0.407 e. The monoisotopic (exact) mass is 263 g/mol. The van der Waals surface area contributed by atoms with Crippen LogP contribution in [0.25, 0.3) is 0 Å². The number of piperidine rings is 1. The highest BCUT2D eigenvalue weighted by molar-refractivity contribution is 9.09. The molecule has 82 valence electrons. The first kappa shape index (κ1) is 11.8. The highest BCUT2D eigenvalue weighted by Gasteiger charge is 2.33. The summed E-state index contributed by atoms with van der Waals surface area (Å²) in [6.45, 7) is 4.01. The molecular weight excluding hydrogens is 246 g/mol. The number of carboxylic acid groups (broad SMARTS) is 1. The largest absolute Gasteiger partial charge is 0.465 e. The van der Waals surface area contributed by atoms with Gasteiger partial charge in [0.1, 0.15) is 0 Å². The lowest BCUT2D eigenvalue weighted by Gasteiger charge is -2.40. The summed E-state index contributed by atoms with van der Waals surface area (Å²) in [4.78, 5) is 12.5. The molecule has 0 aromatic heterocycles. The second kappa shape index (κ2) is 5.01. The molecule has 1 saturated heterocycles. The number of nitrogens with zero attached hydrogens (tertiary/aromatic N) is 1. The number of likely N-dealkylation sites (tertiary alicyclic amines) is 1. The fourth-order valence-corrected chi connectivity index (χ4v) is 3.14. The zero-order chi connectivity index (χ0) is 10.7. The molecule has 4 heteroatoms. The Morgan fingerprint density at radius 1 is 1.43 bits per heavy atom. The lowest BCUT2D eigenvalue weighted by molar-refractivity contribution is 0.0634. The van der Waals surface area contributed by atoms with Gasteiger partial charge in [-0.25, -0.2) is 4.79 Å². The molecule has 0 saturated carbocycles. The zero-order valence-electron chi connectivity index (χ0n) is 8.74. The number of halogens is 1. The van der Waals surface area contributed by atoms with E-state index < -0.39 is 6.09 Å². The van der Waals surface area contributed by atoms with E-state index in [0.717, 1.165) is 24.6 Å². The molecule has 1 N–H and O–H groups in total. The smallest absolute Gasteiger partial charge is 0.407 e. The van der Waals surface area contributed by atoms with Crippen LogP contribution in [0.15, 0.2) is 0 Å². The van der Waals surface area contributed by atoms with E-state index in [2.05, 4.69) is 15.9 Å². The molecule has 0 bridgehead atoms. The van der Waals surface area contributed by atoms with Crippen molar-refractivity contribution < 1.29 is 9.90 Å². The fraction of sp³-hybridized carbons (Fsp3) is 0.900. The summed E-state index contributed by atoms with van der Waals surface area (Å²) in [6.07, 6.45) is 2.38. The molecule has 3 nitrogen and oxygen atoms in total.